The Hall–Kier alpha value is -3.89. The maximum absolute atomic E-state index is 15.3. The molecule has 1 aliphatic rings. The molecule has 5 rings (SSSR count). The van der Waals surface area contributed by atoms with Gasteiger partial charge in [-0.3, -0.25) is 4.79 Å². The van der Waals surface area contributed by atoms with E-state index in [1.165, 1.54) is 18.3 Å². The van der Waals surface area contributed by atoms with Crippen LogP contribution in [0.15, 0.2) is 71.7 Å². The van der Waals surface area contributed by atoms with Crippen molar-refractivity contribution in [2.75, 3.05) is 31.2 Å². The fraction of sp³-hybridized carbons (Fsp3) is 0.241. The van der Waals surface area contributed by atoms with Crippen molar-refractivity contribution in [3.8, 4) is 0 Å². The van der Waals surface area contributed by atoms with Crippen molar-refractivity contribution < 1.29 is 31.8 Å². The number of halogens is 5. The number of ether oxygens (including phenoxy) is 2. The predicted molar refractivity (Wildman–Crippen MR) is 142 cm³/mol. The van der Waals surface area contributed by atoms with Gasteiger partial charge in [-0.15, -0.1) is 0 Å². The second kappa shape index (κ2) is 11.3. The van der Waals surface area contributed by atoms with Gasteiger partial charge in [0.15, 0.2) is 0 Å². The van der Waals surface area contributed by atoms with E-state index in [0.29, 0.717) is 48.1 Å². The van der Waals surface area contributed by atoms with Crippen molar-refractivity contribution in [3.63, 3.8) is 0 Å². The highest BCUT2D eigenvalue weighted by Crippen LogP contribution is 2.30. The summed E-state index contributed by atoms with van der Waals surface area (Å²) in [5, 5.41) is 0.533. The van der Waals surface area contributed by atoms with Crippen LogP contribution in [-0.2, 0) is 28.8 Å². The molecule has 6 nitrogen and oxygen atoms in total. The average Bonchev–Trinajstić information content (AvgIpc) is 2.94. The van der Waals surface area contributed by atoms with Crippen LogP contribution in [0, 0.1) is 5.82 Å². The maximum atomic E-state index is 15.3. The number of rotatable bonds is 6. The summed E-state index contributed by atoms with van der Waals surface area (Å²) in [5.74, 6) is -1.59. The molecule has 3 aromatic carbocycles. The molecule has 0 unspecified atom stereocenters. The molecule has 0 bridgehead atoms. The van der Waals surface area contributed by atoms with Gasteiger partial charge in [0.2, 0.25) is 5.43 Å². The molecule has 4 aromatic rings. The molecule has 0 radical (unpaired) electrons. The molecule has 0 atom stereocenters. The number of benzene rings is 3. The molecule has 1 aliphatic heterocycles. The molecular weight excluding hydrogens is 552 g/mol. The normalized spacial score (nSPS) is 14.0. The molecular formula is C29H23ClF4N2O4. The third kappa shape index (κ3) is 5.97. The molecule has 2 heterocycles. The van der Waals surface area contributed by atoms with E-state index in [2.05, 4.69) is 0 Å². The summed E-state index contributed by atoms with van der Waals surface area (Å²) in [6.07, 6.45) is -3.14. The Balaban J connectivity index is 1.51. The summed E-state index contributed by atoms with van der Waals surface area (Å²) in [4.78, 5) is 28.2. The number of carbonyl (C=O) groups is 1. The van der Waals surface area contributed by atoms with E-state index in [9.17, 15) is 22.8 Å². The molecule has 0 saturated carbocycles. The lowest BCUT2D eigenvalue weighted by Crippen LogP contribution is -2.36. The Bertz CT molecular complexity index is 1600. The molecule has 1 saturated heterocycles. The maximum Gasteiger partial charge on any atom is 0.416 e. The van der Waals surface area contributed by atoms with Gasteiger partial charge in [-0.25, -0.2) is 9.18 Å². The molecule has 11 heteroatoms. The Morgan fingerprint density at radius 1 is 0.975 bits per heavy atom. The largest absolute Gasteiger partial charge is 0.457 e. The van der Waals surface area contributed by atoms with Crippen LogP contribution in [-0.4, -0.2) is 36.8 Å². The fourth-order valence-electron chi connectivity index (χ4n) is 4.53. The molecule has 0 aliphatic carbocycles. The van der Waals surface area contributed by atoms with Gasteiger partial charge in [0.1, 0.15) is 18.0 Å². The standard InChI is InChI=1S/C29H23ClF4N2O4/c30-21-7-3-18(4-8-21)15-36-16-23(28(38)40-17-19-1-5-20(6-2-19)29(32,33)34)27(37)22-13-24(31)26(14-25(22)36)35-9-11-39-12-10-35/h1-8,13-14,16H,9-12,15,17H2. The molecule has 1 fully saturated rings. The Labute approximate surface area is 231 Å². The first-order valence-corrected chi connectivity index (χ1v) is 12.7. The highest BCUT2D eigenvalue weighted by molar-refractivity contribution is 6.30. The molecule has 40 heavy (non-hydrogen) atoms. The van der Waals surface area contributed by atoms with Crippen LogP contribution < -0.4 is 10.3 Å². The number of morpholine rings is 1. The van der Waals surface area contributed by atoms with E-state index in [-0.39, 0.29) is 24.1 Å². The first-order chi connectivity index (χ1) is 19.1. The first kappa shape index (κ1) is 27.7. The number of carbonyl (C=O) groups excluding carboxylic acids is 1. The van der Waals surface area contributed by atoms with Crippen molar-refractivity contribution >= 4 is 34.2 Å². The van der Waals surface area contributed by atoms with Gasteiger partial charge < -0.3 is 18.9 Å². The quantitative estimate of drug-likeness (QED) is 0.207. The van der Waals surface area contributed by atoms with Gasteiger partial charge in [-0.1, -0.05) is 35.9 Å². The van der Waals surface area contributed by atoms with Gasteiger partial charge >= 0.3 is 12.1 Å². The van der Waals surface area contributed by atoms with E-state index >= 15 is 4.39 Å². The topological polar surface area (TPSA) is 60.8 Å². The highest BCUT2D eigenvalue weighted by Gasteiger charge is 2.30. The molecule has 208 valence electrons. The zero-order chi connectivity index (χ0) is 28.4. The Morgan fingerprint density at radius 3 is 2.27 bits per heavy atom. The van der Waals surface area contributed by atoms with Gasteiger partial charge in [0.25, 0.3) is 0 Å². The van der Waals surface area contributed by atoms with E-state index in [1.54, 1.807) is 34.9 Å². The minimum absolute atomic E-state index is 0.00699. The SMILES string of the molecule is O=C(OCc1ccc(C(F)(F)F)cc1)c1cn(Cc2ccc(Cl)cc2)c2cc(N3CCOCC3)c(F)cc2c1=O. The zero-order valence-corrected chi connectivity index (χ0v) is 21.8. The number of alkyl halides is 3. The van der Waals surface area contributed by atoms with Crippen LogP contribution >= 0.6 is 11.6 Å². The summed E-state index contributed by atoms with van der Waals surface area (Å²) in [6.45, 7) is 1.74. The third-order valence-corrected chi connectivity index (χ3v) is 6.89. The van der Waals surface area contributed by atoms with Crippen LogP contribution in [0.3, 0.4) is 0 Å². The summed E-state index contributed by atoms with van der Waals surface area (Å²) in [5.41, 5.74) is -0.0138. The van der Waals surface area contributed by atoms with Crippen LogP contribution in [0.25, 0.3) is 10.9 Å². The molecule has 0 N–H and O–H groups in total. The second-order valence-corrected chi connectivity index (χ2v) is 9.75. The highest BCUT2D eigenvalue weighted by atomic mass is 35.5. The first-order valence-electron chi connectivity index (χ1n) is 12.4. The second-order valence-electron chi connectivity index (χ2n) is 9.32. The number of hydrogen-bond acceptors (Lipinski definition) is 5. The number of anilines is 1. The smallest absolute Gasteiger partial charge is 0.416 e. The number of pyridine rings is 1. The summed E-state index contributed by atoms with van der Waals surface area (Å²) in [7, 11) is 0. The predicted octanol–water partition coefficient (Wildman–Crippen LogP) is 6.05. The minimum atomic E-state index is -4.49. The lowest BCUT2D eigenvalue weighted by Gasteiger charge is -2.29. The molecule has 1 aromatic heterocycles. The minimum Gasteiger partial charge on any atom is -0.457 e. The summed E-state index contributed by atoms with van der Waals surface area (Å²) >= 11 is 6.02. The third-order valence-electron chi connectivity index (χ3n) is 6.64. The Kier molecular flexibility index (Phi) is 7.82. The number of hydrogen-bond donors (Lipinski definition) is 0. The number of nitrogens with zero attached hydrogens (tertiary/aromatic N) is 2. The molecule has 0 spiro atoms. The summed E-state index contributed by atoms with van der Waals surface area (Å²) < 4.78 is 66.1. The van der Waals surface area contributed by atoms with Crippen molar-refractivity contribution in [1.82, 2.24) is 4.57 Å². The van der Waals surface area contributed by atoms with Crippen molar-refractivity contribution in [1.29, 1.82) is 0 Å². The van der Waals surface area contributed by atoms with Gasteiger partial charge in [-0.2, -0.15) is 13.2 Å². The van der Waals surface area contributed by atoms with E-state index in [0.717, 1.165) is 23.8 Å². The average molecular weight is 575 g/mol. The van der Waals surface area contributed by atoms with Crippen molar-refractivity contribution in [3.05, 3.63) is 110 Å². The van der Waals surface area contributed by atoms with Gasteiger partial charge in [0, 0.05) is 36.2 Å². The molecule has 0 amide bonds. The number of esters is 1. The van der Waals surface area contributed by atoms with Crippen LogP contribution in [0.5, 0.6) is 0 Å². The van der Waals surface area contributed by atoms with E-state index in [1.807, 2.05) is 4.90 Å². The lowest BCUT2D eigenvalue weighted by molar-refractivity contribution is -0.137. The summed E-state index contributed by atoms with van der Waals surface area (Å²) in [6, 6.07) is 13.9. The van der Waals surface area contributed by atoms with Crippen molar-refractivity contribution in [2.24, 2.45) is 0 Å². The number of fused-ring (bicyclic) bond motifs is 1. The van der Waals surface area contributed by atoms with Crippen LogP contribution in [0.2, 0.25) is 5.02 Å². The van der Waals surface area contributed by atoms with Gasteiger partial charge in [-0.05, 0) is 47.5 Å². The van der Waals surface area contributed by atoms with Gasteiger partial charge in [0.05, 0.1) is 30.0 Å². The lowest BCUT2D eigenvalue weighted by atomic mass is 10.1. The van der Waals surface area contributed by atoms with Crippen LogP contribution in [0.1, 0.15) is 27.0 Å². The van der Waals surface area contributed by atoms with Crippen LogP contribution in [0.4, 0.5) is 23.2 Å². The van der Waals surface area contributed by atoms with E-state index in [4.69, 9.17) is 21.1 Å². The zero-order valence-electron chi connectivity index (χ0n) is 21.0. The van der Waals surface area contributed by atoms with E-state index < -0.39 is 29.0 Å². The van der Waals surface area contributed by atoms with Crippen molar-refractivity contribution in [2.45, 2.75) is 19.3 Å². The Morgan fingerprint density at radius 2 is 1.62 bits per heavy atom. The fourth-order valence-corrected chi connectivity index (χ4v) is 4.65. The monoisotopic (exact) mass is 574 g/mol. The number of aromatic nitrogens is 1.